The van der Waals surface area contributed by atoms with Crippen molar-refractivity contribution >= 4 is 33.2 Å². The minimum atomic E-state index is -0.521. The van der Waals surface area contributed by atoms with Gasteiger partial charge in [0.2, 0.25) is 5.91 Å². The number of rotatable bonds is 10. The molecule has 0 aliphatic carbocycles. The van der Waals surface area contributed by atoms with Crippen LogP contribution in [0.5, 0.6) is 11.5 Å². The lowest BCUT2D eigenvalue weighted by Gasteiger charge is -2.34. The molecule has 3 aromatic heterocycles. The molecule has 218 valence electrons. The predicted octanol–water partition coefficient (Wildman–Crippen LogP) is 4.07. The Hall–Kier alpha value is -3.77. The van der Waals surface area contributed by atoms with Crippen LogP contribution in [0.25, 0.3) is 20.8 Å². The van der Waals surface area contributed by atoms with Crippen molar-refractivity contribution in [3.63, 3.8) is 0 Å². The standard InChI is InChI=1S/C31H31FN4O5S/c32-24-13-20(11-23(38)12-22-18-40-19-22)2-4-27(24)41-28-5-6-33-26-14-29(42-31(26)28)25-3-1-21(15-34-25)16-35-7-9-36(10-8-35)30(39)17-37/h1-6,13-15,22,37H,7-12,16-19H2. The number of Topliss-reactive ketones (excluding diaryl/α,β-unsaturated/α-hetero) is 1. The molecule has 0 atom stereocenters. The molecule has 2 saturated heterocycles. The lowest BCUT2D eigenvalue weighted by atomic mass is 9.97. The smallest absolute Gasteiger partial charge is 0.248 e. The summed E-state index contributed by atoms with van der Waals surface area (Å²) < 4.78 is 26.9. The van der Waals surface area contributed by atoms with E-state index in [1.165, 1.54) is 17.4 Å². The zero-order valence-corrected chi connectivity index (χ0v) is 23.8. The number of ether oxygens (including phenoxy) is 2. The summed E-state index contributed by atoms with van der Waals surface area (Å²) in [6, 6.07) is 12.3. The highest BCUT2D eigenvalue weighted by molar-refractivity contribution is 7.22. The van der Waals surface area contributed by atoms with Gasteiger partial charge in [-0.05, 0) is 35.4 Å². The first-order valence-electron chi connectivity index (χ1n) is 14.0. The SMILES string of the molecule is O=C(Cc1ccc(Oc2ccnc3cc(-c4ccc(CN5CCN(C(=O)CO)CC5)cn4)sc23)c(F)c1)CC1COC1. The third kappa shape index (κ3) is 6.49. The van der Waals surface area contributed by atoms with Gasteiger partial charge in [0.1, 0.15) is 18.1 Å². The number of amides is 1. The lowest BCUT2D eigenvalue weighted by molar-refractivity contribution is -0.136. The van der Waals surface area contributed by atoms with Gasteiger partial charge in [0.05, 0.1) is 34.0 Å². The van der Waals surface area contributed by atoms with E-state index in [-0.39, 0.29) is 29.8 Å². The van der Waals surface area contributed by atoms with Crippen LogP contribution in [0.15, 0.2) is 54.9 Å². The minimum absolute atomic E-state index is 0.0785. The van der Waals surface area contributed by atoms with E-state index in [1.807, 2.05) is 24.4 Å². The molecule has 1 N–H and O–H groups in total. The Labute approximate surface area is 246 Å². The number of benzene rings is 1. The van der Waals surface area contributed by atoms with Crippen LogP contribution >= 0.6 is 11.3 Å². The molecule has 0 spiro atoms. The van der Waals surface area contributed by atoms with Crippen LogP contribution in [-0.2, 0) is 27.3 Å². The second kappa shape index (κ2) is 12.6. The number of hydrogen-bond donors (Lipinski definition) is 1. The van der Waals surface area contributed by atoms with Crippen molar-refractivity contribution in [2.24, 2.45) is 5.92 Å². The summed E-state index contributed by atoms with van der Waals surface area (Å²) in [6.45, 7) is 4.23. The van der Waals surface area contributed by atoms with E-state index in [0.29, 0.717) is 44.0 Å². The second-order valence-corrected chi connectivity index (χ2v) is 11.7. The van der Waals surface area contributed by atoms with Crippen LogP contribution in [0.1, 0.15) is 17.5 Å². The third-order valence-electron chi connectivity index (χ3n) is 7.56. The Kier molecular flexibility index (Phi) is 8.52. The molecule has 0 radical (unpaired) electrons. The summed E-state index contributed by atoms with van der Waals surface area (Å²) >= 11 is 1.48. The molecular weight excluding hydrogens is 559 g/mol. The molecule has 4 aromatic rings. The normalized spacial score (nSPS) is 16.0. The van der Waals surface area contributed by atoms with Gasteiger partial charge in [0, 0.05) is 69.9 Å². The molecule has 0 saturated carbocycles. The molecule has 2 fully saturated rings. The largest absolute Gasteiger partial charge is 0.453 e. The molecule has 0 unspecified atom stereocenters. The van der Waals surface area contributed by atoms with Crippen LogP contribution in [0.4, 0.5) is 4.39 Å². The summed E-state index contributed by atoms with van der Waals surface area (Å²) in [4.78, 5) is 38.0. The summed E-state index contributed by atoms with van der Waals surface area (Å²) in [5.74, 6) is 0.197. The van der Waals surface area contributed by atoms with Gasteiger partial charge in [0.15, 0.2) is 11.6 Å². The number of aromatic nitrogens is 2. The van der Waals surface area contributed by atoms with Crippen molar-refractivity contribution in [3.05, 3.63) is 71.8 Å². The lowest BCUT2D eigenvalue weighted by Crippen LogP contribution is -2.49. The van der Waals surface area contributed by atoms with E-state index >= 15 is 0 Å². The molecule has 0 bridgehead atoms. The highest BCUT2D eigenvalue weighted by Crippen LogP contribution is 2.39. The van der Waals surface area contributed by atoms with Crippen LogP contribution in [-0.4, -0.2) is 82.6 Å². The minimum Gasteiger partial charge on any atom is -0.453 e. The highest BCUT2D eigenvalue weighted by atomic mass is 32.1. The number of aliphatic hydroxyl groups excluding tert-OH is 1. The van der Waals surface area contributed by atoms with Gasteiger partial charge in [-0.25, -0.2) is 4.39 Å². The van der Waals surface area contributed by atoms with Crippen molar-refractivity contribution in [2.45, 2.75) is 19.4 Å². The van der Waals surface area contributed by atoms with Gasteiger partial charge in [0.25, 0.3) is 0 Å². The fourth-order valence-electron chi connectivity index (χ4n) is 5.18. The molecule has 2 aliphatic heterocycles. The first-order chi connectivity index (χ1) is 20.4. The number of carbonyl (C=O) groups excluding carboxylic acids is 2. The fraction of sp³-hybridized carbons (Fsp3) is 0.355. The second-order valence-electron chi connectivity index (χ2n) is 10.7. The van der Waals surface area contributed by atoms with Crippen LogP contribution in [0.3, 0.4) is 0 Å². The van der Waals surface area contributed by atoms with E-state index < -0.39 is 12.4 Å². The number of fused-ring (bicyclic) bond motifs is 1. The maximum atomic E-state index is 15.0. The van der Waals surface area contributed by atoms with E-state index in [9.17, 15) is 14.0 Å². The van der Waals surface area contributed by atoms with Crippen molar-refractivity contribution < 1.29 is 28.6 Å². The first-order valence-corrected chi connectivity index (χ1v) is 14.8. The molecule has 42 heavy (non-hydrogen) atoms. The Morgan fingerprint density at radius 2 is 1.83 bits per heavy atom. The number of piperazine rings is 1. The average molecular weight is 591 g/mol. The Bertz CT molecular complexity index is 1580. The number of ketones is 1. The van der Waals surface area contributed by atoms with Crippen molar-refractivity contribution in [1.29, 1.82) is 0 Å². The number of nitrogens with zero attached hydrogens (tertiary/aromatic N) is 4. The monoisotopic (exact) mass is 590 g/mol. The van der Waals surface area contributed by atoms with Gasteiger partial charge in [-0.2, -0.15) is 0 Å². The van der Waals surface area contributed by atoms with Crippen molar-refractivity contribution in [2.75, 3.05) is 46.0 Å². The topological polar surface area (TPSA) is 105 Å². The molecule has 1 aromatic carbocycles. The summed E-state index contributed by atoms with van der Waals surface area (Å²) in [6.07, 6.45) is 4.14. The molecule has 6 rings (SSSR count). The number of hydrogen-bond acceptors (Lipinski definition) is 9. The Morgan fingerprint density at radius 1 is 1.02 bits per heavy atom. The summed E-state index contributed by atoms with van der Waals surface area (Å²) in [5.41, 5.74) is 3.23. The summed E-state index contributed by atoms with van der Waals surface area (Å²) in [7, 11) is 0. The number of aliphatic hydroxyl groups is 1. The molecule has 11 heteroatoms. The highest BCUT2D eigenvalue weighted by Gasteiger charge is 2.23. The first kappa shape index (κ1) is 28.4. The predicted molar refractivity (Wildman–Crippen MR) is 156 cm³/mol. The van der Waals surface area contributed by atoms with E-state index in [0.717, 1.165) is 46.0 Å². The van der Waals surface area contributed by atoms with Gasteiger partial charge < -0.3 is 19.5 Å². The van der Waals surface area contributed by atoms with Crippen LogP contribution in [0, 0.1) is 11.7 Å². The van der Waals surface area contributed by atoms with Gasteiger partial charge in [-0.3, -0.25) is 24.5 Å². The number of thiophene rings is 1. The molecule has 2 aliphatic rings. The maximum absolute atomic E-state index is 15.0. The van der Waals surface area contributed by atoms with Gasteiger partial charge in [-0.15, -0.1) is 11.3 Å². The van der Waals surface area contributed by atoms with Crippen molar-refractivity contribution in [3.8, 4) is 22.1 Å². The zero-order chi connectivity index (χ0) is 29.1. The Balaban J connectivity index is 1.10. The third-order valence-corrected chi connectivity index (χ3v) is 8.72. The van der Waals surface area contributed by atoms with Crippen LogP contribution in [0.2, 0.25) is 0 Å². The number of pyridine rings is 2. The fourth-order valence-corrected chi connectivity index (χ4v) is 6.22. The average Bonchev–Trinajstić information content (AvgIpc) is 3.42. The van der Waals surface area contributed by atoms with E-state index in [4.69, 9.17) is 14.6 Å². The molecular formula is C31H31FN4O5S. The summed E-state index contributed by atoms with van der Waals surface area (Å²) in [5, 5.41) is 9.06. The van der Waals surface area contributed by atoms with Gasteiger partial charge >= 0.3 is 0 Å². The van der Waals surface area contributed by atoms with Crippen molar-refractivity contribution in [1.82, 2.24) is 19.8 Å². The zero-order valence-electron chi connectivity index (χ0n) is 23.0. The quantitative estimate of drug-likeness (QED) is 0.295. The Morgan fingerprint density at radius 3 is 2.52 bits per heavy atom. The number of carbonyl (C=O) groups is 2. The van der Waals surface area contributed by atoms with Crippen LogP contribution < -0.4 is 4.74 Å². The molecule has 5 heterocycles. The maximum Gasteiger partial charge on any atom is 0.248 e. The molecule has 9 nitrogen and oxygen atoms in total. The van der Waals surface area contributed by atoms with Gasteiger partial charge in [-0.1, -0.05) is 12.1 Å². The van der Waals surface area contributed by atoms with E-state index in [2.05, 4.69) is 14.9 Å². The number of halogens is 1. The molecule has 1 amide bonds. The van der Waals surface area contributed by atoms with E-state index in [1.54, 1.807) is 29.3 Å².